The van der Waals surface area contributed by atoms with Crippen molar-refractivity contribution in [1.82, 2.24) is 14.9 Å². The summed E-state index contributed by atoms with van der Waals surface area (Å²) in [5.74, 6) is -0.0461. The van der Waals surface area contributed by atoms with E-state index in [-0.39, 0.29) is 24.4 Å². The summed E-state index contributed by atoms with van der Waals surface area (Å²) in [7, 11) is 0. The lowest BCUT2D eigenvalue weighted by atomic mass is 10.1. The molecule has 0 unspecified atom stereocenters. The van der Waals surface area contributed by atoms with Crippen LogP contribution in [0.15, 0.2) is 9.95 Å². The van der Waals surface area contributed by atoms with Crippen molar-refractivity contribution in [2.75, 3.05) is 26.0 Å². The van der Waals surface area contributed by atoms with Crippen LogP contribution < -0.4 is 5.56 Å². The standard InChI is InChI=1S/C17H25N3O4S/c1-4-24-15(22)10-20(9-12-5-6-12)14(21)8-7-13-11(2)18-17(25-3)19-16(13)23/h12H,4-10H2,1-3H3,(H,18,19,23). The minimum absolute atomic E-state index is 0.0256. The second kappa shape index (κ2) is 9.03. The van der Waals surface area contributed by atoms with Gasteiger partial charge in [-0.25, -0.2) is 4.98 Å². The summed E-state index contributed by atoms with van der Waals surface area (Å²) in [6.07, 6.45) is 4.50. The second-order valence-electron chi connectivity index (χ2n) is 6.16. The maximum Gasteiger partial charge on any atom is 0.325 e. The number of nitrogens with zero attached hydrogens (tertiary/aromatic N) is 2. The number of thioether (sulfide) groups is 1. The van der Waals surface area contributed by atoms with Gasteiger partial charge in [-0.1, -0.05) is 11.8 Å². The molecule has 1 aliphatic rings. The van der Waals surface area contributed by atoms with Gasteiger partial charge in [-0.2, -0.15) is 0 Å². The molecule has 0 atom stereocenters. The first-order valence-corrected chi connectivity index (χ1v) is 9.74. The number of aromatic nitrogens is 2. The minimum atomic E-state index is -0.392. The van der Waals surface area contributed by atoms with E-state index in [0.717, 1.165) is 12.8 Å². The third-order valence-electron chi connectivity index (χ3n) is 4.14. The van der Waals surface area contributed by atoms with Crippen LogP contribution in [0.2, 0.25) is 0 Å². The largest absolute Gasteiger partial charge is 0.465 e. The van der Waals surface area contributed by atoms with Gasteiger partial charge in [-0.05, 0) is 45.3 Å². The molecule has 7 nitrogen and oxygen atoms in total. The van der Waals surface area contributed by atoms with Crippen LogP contribution >= 0.6 is 11.8 Å². The Morgan fingerprint density at radius 1 is 1.40 bits per heavy atom. The van der Waals surface area contributed by atoms with Gasteiger partial charge in [0.05, 0.1) is 6.61 Å². The smallest absolute Gasteiger partial charge is 0.325 e. The topological polar surface area (TPSA) is 92.4 Å². The van der Waals surface area contributed by atoms with E-state index in [2.05, 4.69) is 9.97 Å². The summed E-state index contributed by atoms with van der Waals surface area (Å²) in [5, 5.41) is 0.565. The highest BCUT2D eigenvalue weighted by Crippen LogP contribution is 2.30. The monoisotopic (exact) mass is 367 g/mol. The molecule has 8 heteroatoms. The number of amides is 1. The number of carbonyl (C=O) groups excluding carboxylic acids is 2. The van der Waals surface area contributed by atoms with Gasteiger partial charge in [-0.3, -0.25) is 14.4 Å². The van der Waals surface area contributed by atoms with E-state index in [9.17, 15) is 14.4 Å². The number of hydrogen-bond acceptors (Lipinski definition) is 6. The number of aryl methyl sites for hydroxylation is 1. The zero-order valence-corrected chi connectivity index (χ0v) is 15.8. The Labute approximate surface area is 151 Å². The molecule has 1 heterocycles. The lowest BCUT2D eigenvalue weighted by molar-refractivity contribution is -0.149. The van der Waals surface area contributed by atoms with Crippen molar-refractivity contribution in [2.45, 2.75) is 44.7 Å². The van der Waals surface area contributed by atoms with E-state index in [1.807, 2.05) is 6.26 Å². The summed E-state index contributed by atoms with van der Waals surface area (Å²) in [4.78, 5) is 45.0. The lowest BCUT2D eigenvalue weighted by Crippen LogP contribution is -2.38. The van der Waals surface area contributed by atoms with Gasteiger partial charge < -0.3 is 14.6 Å². The van der Waals surface area contributed by atoms with Crippen LogP contribution in [0.25, 0.3) is 0 Å². The number of H-pyrrole nitrogens is 1. The van der Waals surface area contributed by atoms with Crippen molar-refractivity contribution < 1.29 is 14.3 Å². The molecule has 138 valence electrons. The van der Waals surface area contributed by atoms with Crippen LogP contribution in [0.4, 0.5) is 0 Å². The van der Waals surface area contributed by atoms with Crippen LogP contribution in [0.1, 0.15) is 37.4 Å². The number of ether oxygens (including phenoxy) is 1. The SMILES string of the molecule is CCOC(=O)CN(CC1CC1)C(=O)CCc1c(C)nc(SC)[nH]c1=O. The Balaban J connectivity index is 2.00. The molecule has 0 aromatic carbocycles. The highest BCUT2D eigenvalue weighted by Gasteiger charge is 2.28. The van der Waals surface area contributed by atoms with Crippen LogP contribution in [-0.4, -0.2) is 52.7 Å². The third kappa shape index (κ3) is 5.88. The molecule has 0 spiro atoms. The molecule has 1 aromatic rings. The first-order chi connectivity index (χ1) is 11.9. The van der Waals surface area contributed by atoms with Crippen molar-refractivity contribution in [2.24, 2.45) is 5.92 Å². The first-order valence-electron chi connectivity index (χ1n) is 8.51. The summed E-state index contributed by atoms with van der Waals surface area (Å²) in [5.41, 5.74) is 0.956. The number of rotatable bonds is 9. The molecule has 2 rings (SSSR count). The van der Waals surface area contributed by atoms with Gasteiger partial charge in [0, 0.05) is 24.2 Å². The van der Waals surface area contributed by atoms with Gasteiger partial charge in [0.1, 0.15) is 6.54 Å². The van der Waals surface area contributed by atoms with Gasteiger partial charge >= 0.3 is 5.97 Å². The fraction of sp³-hybridized carbons (Fsp3) is 0.647. The molecule has 0 bridgehead atoms. The van der Waals surface area contributed by atoms with E-state index in [1.54, 1.807) is 18.7 Å². The summed E-state index contributed by atoms with van der Waals surface area (Å²) in [6.45, 7) is 4.37. The summed E-state index contributed by atoms with van der Waals surface area (Å²) in [6, 6.07) is 0. The quantitative estimate of drug-likeness (QED) is 0.404. The summed E-state index contributed by atoms with van der Waals surface area (Å²) < 4.78 is 4.95. The second-order valence-corrected chi connectivity index (χ2v) is 6.96. The van der Waals surface area contributed by atoms with Gasteiger partial charge in [0.25, 0.3) is 5.56 Å². The van der Waals surface area contributed by atoms with Crippen molar-refractivity contribution in [3.63, 3.8) is 0 Å². The Morgan fingerprint density at radius 3 is 2.68 bits per heavy atom. The molecule has 0 aliphatic heterocycles. The molecule has 25 heavy (non-hydrogen) atoms. The minimum Gasteiger partial charge on any atom is -0.465 e. The number of aromatic amines is 1. The average Bonchev–Trinajstić information content (AvgIpc) is 3.37. The van der Waals surface area contributed by atoms with Crippen molar-refractivity contribution >= 4 is 23.6 Å². The van der Waals surface area contributed by atoms with Gasteiger partial charge in [0.2, 0.25) is 5.91 Å². The molecule has 1 aliphatic carbocycles. The number of carbonyl (C=O) groups is 2. The Bertz CT molecular complexity index is 685. The van der Waals surface area contributed by atoms with E-state index in [4.69, 9.17) is 4.74 Å². The Kier molecular flexibility index (Phi) is 7.04. The molecule has 0 radical (unpaired) electrons. The number of nitrogens with one attached hydrogen (secondary N) is 1. The molecule has 1 fully saturated rings. The molecule has 1 amide bonds. The van der Waals surface area contributed by atoms with Gasteiger partial charge in [0.15, 0.2) is 5.16 Å². The van der Waals surface area contributed by atoms with Crippen molar-refractivity contribution in [1.29, 1.82) is 0 Å². The van der Waals surface area contributed by atoms with Crippen LogP contribution in [0.3, 0.4) is 0 Å². The number of esters is 1. The molecule has 1 aromatic heterocycles. The Morgan fingerprint density at radius 2 is 2.12 bits per heavy atom. The molecule has 1 N–H and O–H groups in total. The maximum atomic E-state index is 12.5. The molecule has 1 saturated carbocycles. The predicted octanol–water partition coefficient (Wildman–Crippen LogP) is 1.53. The van der Waals surface area contributed by atoms with E-state index >= 15 is 0 Å². The highest BCUT2D eigenvalue weighted by atomic mass is 32.2. The van der Waals surface area contributed by atoms with E-state index in [0.29, 0.717) is 41.9 Å². The zero-order chi connectivity index (χ0) is 18.4. The highest BCUT2D eigenvalue weighted by molar-refractivity contribution is 7.98. The fourth-order valence-electron chi connectivity index (χ4n) is 2.59. The predicted molar refractivity (Wildman–Crippen MR) is 95.6 cm³/mol. The Hall–Kier alpha value is -1.83. The lowest BCUT2D eigenvalue weighted by Gasteiger charge is -2.21. The maximum absolute atomic E-state index is 12.5. The van der Waals surface area contributed by atoms with Crippen LogP contribution in [0.5, 0.6) is 0 Å². The third-order valence-corrected chi connectivity index (χ3v) is 4.72. The van der Waals surface area contributed by atoms with E-state index < -0.39 is 5.97 Å². The van der Waals surface area contributed by atoms with Crippen LogP contribution in [-0.2, 0) is 20.7 Å². The van der Waals surface area contributed by atoms with E-state index in [1.165, 1.54) is 11.8 Å². The van der Waals surface area contributed by atoms with Crippen molar-refractivity contribution in [3.8, 4) is 0 Å². The normalized spacial score (nSPS) is 13.6. The summed E-state index contributed by atoms with van der Waals surface area (Å²) >= 11 is 1.37. The molecule has 0 saturated heterocycles. The van der Waals surface area contributed by atoms with Crippen LogP contribution in [0, 0.1) is 12.8 Å². The molecular formula is C17H25N3O4S. The zero-order valence-electron chi connectivity index (χ0n) is 15.0. The van der Waals surface area contributed by atoms with Crippen molar-refractivity contribution in [3.05, 3.63) is 21.6 Å². The fourth-order valence-corrected chi connectivity index (χ4v) is 3.02. The number of hydrogen-bond donors (Lipinski definition) is 1. The van der Waals surface area contributed by atoms with Gasteiger partial charge in [-0.15, -0.1) is 0 Å². The first kappa shape index (κ1) is 19.5. The molecular weight excluding hydrogens is 342 g/mol. The average molecular weight is 367 g/mol.